The van der Waals surface area contributed by atoms with Crippen LogP contribution in [0.2, 0.25) is 0 Å². The Morgan fingerprint density at radius 1 is 0.594 bits per heavy atom. The van der Waals surface area contributed by atoms with E-state index in [-0.39, 0.29) is 31.1 Å². The molecule has 0 saturated heterocycles. The molecular weight excluding hydrogens is 805 g/mol. The second-order valence-electron chi connectivity index (χ2n) is 17.0. The number of nitrogens with zero attached hydrogens (tertiary/aromatic N) is 1. The molecule has 2 heterocycles. The molecule has 4 aromatic carbocycles. The number of nitrogens with two attached hydrogens (primary N) is 1. The minimum atomic E-state index is -1.18. The van der Waals surface area contributed by atoms with E-state index >= 15 is 0 Å². The molecular formula is C51H62N8O5. The second kappa shape index (κ2) is 22.6. The van der Waals surface area contributed by atoms with Gasteiger partial charge in [-0.05, 0) is 66.6 Å². The monoisotopic (exact) mass is 866 g/mol. The normalized spacial score (nSPS) is 13.8. The zero-order valence-electron chi connectivity index (χ0n) is 37.2. The van der Waals surface area contributed by atoms with Gasteiger partial charge in [0.05, 0.1) is 6.04 Å². The molecule has 0 bridgehead atoms. The Kier molecular flexibility index (Phi) is 16.5. The van der Waals surface area contributed by atoms with E-state index in [1.165, 1.54) is 0 Å². The summed E-state index contributed by atoms with van der Waals surface area (Å²) in [6.07, 6.45) is 6.83. The SMILES string of the molecule is CCCCn1cc(C[C@@H](NC(=O)[C@@H](Cc2ccccc2)NC)C(=O)N[C@@H](Cc2ccccc2)C(=O)N[C@H](Cc2c[nH]c3ccccc23)C(=O)N[C@@H](CC(C)C)C(N)=O)c2ccccc21. The minimum absolute atomic E-state index is 0.0491. The van der Waals surface area contributed by atoms with Crippen molar-refractivity contribution in [2.45, 2.75) is 102 Å². The van der Waals surface area contributed by atoms with E-state index in [9.17, 15) is 24.0 Å². The first-order chi connectivity index (χ1) is 30.9. The van der Waals surface area contributed by atoms with Crippen molar-refractivity contribution in [3.05, 3.63) is 144 Å². The maximum absolute atomic E-state index is 14.8. The number of likely N-dealkylation sites (N-methyl/N-ethyl adjacent to an activating group) is 1. The summed E-state index contributed by atoms with van der Waals surface area (Å²) in [5, 5.41) is 16.7. The van der Waals surface area contributed by atoms with Gasteiger partial charge in [-0.25, -0.2) is 0 Å². The molecule has 6 aromatic rings. The van der Waals surface area contributed by atoms with E-state index in [4.69, 9.17) is 5.73 Å². The van der Waals surface area contributed by atoms with Gasteiger partial charge in [0.25, 0.3) is 0 Å². The highest BCUT2D eigenvalue weighted by atomic mass is 16.2. The number of fused-ring (bicyclic) bond motifs is 2. The Bertz CT molecular complexity index is 2500. The van der Waals surface area contributed by atoms with Gasteiger partial charge < -0.3 is 41.9 Å². The van der Waals surface area contributed by atoms with Crippen LogP contribution in [0, 0.1) is 5.92 Å². The summed E-state index contributed by atoms with van der Waals surface area (Å²) in [5.74, 6) is -2.77. The molecule has 2 aromatic heterocycles. The molecule has 13 nitrogen and oxygen atoms in total. The zero-order valence-corrected chi connectivity index (χ0v) is 37.2. The molecule has 0 radical (unpaired) electrons. The Morgan fingerprint density at radius 3 is 1.64 bits per heavy atom. The molecule has 5 atom stereocenters. The maximum atomic E-state index is 14.8. The highest BCUT2D eigenvalue weighted by Crippen LogP contribution is 2.24. The molecule has 8 N–H and O–H groups in total. The van der Waals surface area contributed by atoms with E-state index in [1.807, 2.05) is 123 Å². The van der Waals surface area contributed by atoms with Crippen LogP contribution in [0.1, 0.15) is 62.3 Å². The van der Waals surface area contributed by atoms with Crippen molar-refractivity contribution in [1.82, 2.24) is 36.1 Å². The van der Waals surface area contributed by atoms with Crippen molar-refractivity contribution in [1.29, 1.82) is 0 Å². The van der Waals surface area contributed by atoms with Gasteiger partial charge >= 0.3 is 0 Å². The van der Waals surface area contributed by atoms with Crippen LogP contribution in [0.15, 0.2) is 122 Å². The first-order valence-corrected chi connectivity index (χ1v) is 22.3. The number of benzene rings is 4. The van der Waals surface area contributed by atoms with Crippen molar-refractivity contribution >= 4 is 51.3 Å². The van der Waals surface area contributed by atoms with Crippen LogP contribution in [-0.4, -0.2) is 76.3 Å². The zero-order chi connectivity index (χ0) is 45.6. The molecule has 5 amide bonds. The number of primary amides is 1. The van der Waals surface area contributed by atoms with E-state index in [1.54, 1.807) is 13.2 Å². The Labute approximate surface area is 375 Å². The number of aromatic amines is 1. The van der Waals surface area contributed by atoms with Crippen molar-refractivity contribution in [2.75, 3.05) is 7.05 Å². The van der Waals surface area contributed by atoms with Crippen LogP contribution in [-0.2, 0) is 56.2 Å². The number of rotatable bonds is 23. The molecule has 336 valence electrons. The van der Waals surface area contributed by atoms with Crippen LogP contribution in [0.4, 0.5) is 0 Å². The van der Waals surface area contributed by atoms with Crippen LogP contribution in [0.5, 0.6) is 0 Å². The van der Waals surface area contributed by atoms with Crippen LogP contribution in [0.3, 0.4) is 0 Å². The number of nitrogens with one attached hydrogen (secondary N) is 6. The summed E-state index contributed by atoms with van der Waals surface area (Å²) in [7, 11) is 1.71. The lowest BCUT2D eigenvalue weighted by molar-refractivity contribution is -0.134. The van der Waals surface area contributed by atoms with Crippen LogP contribution < -0.4 is 32.3 Å². The van der Waals surface area contributed by atoms with Crippen molar-refractivity contribution in [2.24, 2.45) is 11.7 Å². The number of hydrogen-bond acceptors (Lipinski definition) is 6. The fourth-order valence-corrected chi connectivity index (χ4v) is 8.20. The third-order valence-electron chi connectivity index (χ3n) is 11.6. The van der Waals surface area contributed by atoms with Gasteiger partial charge in [-0.3, -0.25) is 24.0 Å². The minimum Gasteiger partial charge on any atom is -0.368 e. The second-order valence-corrected chi connectivity index (χ2v) is 17.0. The molecule has 0 aliphatic heterocycles. The smallest absolute Gasteiger partial charge is 0.243 e. The van der Waals surface area contributed by atoms with E-state index in [0.717, 1.165) is 63.4 Å². The van der Waals surface area contributed by atoms with Gasteiger partial charge in [-0.2, -0.15) is 0 Å². The number of para-hydroxylation sites is 2. The maximum Gasteiger partial charge on any atom is 0.243 e. The predicted molar refractivity (Wildman–Crippen MR) is 252 cm³/mol. The third-order valence-corrected chi connectivity index (χ3v) is 11.6. The molecule has 0 aliphatic rings. The lowest BCUT2D eigenvalue weighted by atomic mass is 9.99. The lowest BCUT2D eigenvalue weighted by Gasteiger charge is -2.27. The highest BCUT2D eigenvalue weighted by molar-refractivity contribution is 5.97. The largest absolute Gasteiger partial charge is 0.368 e. The number of unbranched alkanes of at least 4 members (excludes halogenated alkanes) is 1. The number of aryl methyl sites for hydroxylation is 1. The molecule has 0 fully saturated rings. The predicted octanol–water partition coefficient (Wildman–Crippen LogP) is 5.25. The molecule has 13 heteroatoms. The number of aromatic nitrogens is 2. The lowest BCUT2D eigenvalue weighted by Crippen LogP contribution is -2.60. The van der Waals surface area contributed by atoms with Gasteiger partial charge in [0.2, 0.25) is 29.5 Å². The van der Waals surface area contributed by atoms with Gasteiger partial charge in [-0.15, -0.1) is 0 Å². The summed E-state index contributed by atoms with van der Waals surface area (Å²) in [5.41, 5.74) is 11.0. The number of H-pyrrole nitrogens is 1. The van der Waals surface area contributed by atoms with Gasteiger partial charge in [0.1, 0.15) is 24.2 Å². The van der Waals surface area contributed by atoms with Crippen LogP contribution in [0.25, 0.3) is 21.8 Å². The van der Waals surface area contributed by atoms with Gasteiger partial charge in [0, 0.05) is 60.0 Å². The molecule has 64 heavy (non-hydrogen) atoms. The topological polar surface area (TPSA) is 192 Å². The molecule has 0 spiro atoms. The summed E-state index contributed by atoms with van der Waals surface area (Å²) < 4.78 is 2.19. The summed E-state index contributed by atoms with van der Waals surface area (Å²) in [6.45, 7) is 6.78. The average Bonchev–Trinajstić information content (AvgIpc) is 3.87. The first-order valence-electron chi connectivity index (χ1n) is 22.3. The van der Waals surface area contributed by atoms with Crippen molar-refractivity contribution in [3.8, 4) is 0 Å². The molecule has 0 saturated carbocycles. The first kappa shape index (κ1) is 46.8. The van der Waals surface area contributed by atoms with E-state index in [0.29, 0.717) is 12.8 Å². The summed E-state index contributed by atoms with van der Waals surface area (Å²) in [4.78, 5) is 73.7. The fraction of sp³-hybridized carbons (Fsp3) is 0.353. The Morgan fingerprint density at radius 2 is 1.08 bits per heavy atom. The Balaban J connectivity index is 1.33. The van der Waals surface area contributed by atoms with Gasteiger partial charge in [-0.1, -0.05) is 124 Å². The number of carbonyl (C=O) groups excluding carboxylic acids is 5. The standard InChI is InChI=1S/C51H62N8O5/c1-5-6-25-59-32-37(39-22-14-16-24-46(39)59)30-45(57-48(61)42(53-4)27-34-17-9-7-10-18-34)51(64)56-43(28-35-19-11-8-12-20-35)49(62)58-44(50(63)55-41(47(52)60)26-33(2)3)29-36-31-54-40-23-15-13-21-38(36)40/h7-24,31-33,41-45,53-54H,5-6,25-30H2,1-4H3,(H2,52,60)(H,55,63)(H,56,64)(H,57,61)(H,58,62)/t41-,42+,43-,44+,45+/m0/s1. The van der Waals surface area contributed by atoms with Crippen molar-refractivity contribution < 1.29 is 24.0 Å². The fourth-order valence-electron chi connectivity index (χ4n) is 8.20. The number of carbonyl (C=O) groups is 5. The highest BCUT2D eigenvalue weighted by Gasteiger charge is 2.33. The quantitative estimate of drug-likeness (QED) is 0.0460. The number of amides is 5. The van der Waals surface area contributed by atoms with Crippen LogP contribution >= 0.6 is 0 Å². The summed E-state index contributed by atoms with van der Waals surface area (Å²) >= 11 is 0. The molecule has 0 aliphatic carbocycles. The molecule has 6 rings (SSSR count). The Hall–Kier alpha value is -6.73. The average molecular weight is 867 g/mol. The molecule has 0 unspecified atom stereocenters. The van der Waals surface area contributed by atoms with Gasteiger partial charge in [0.15, 0.2) is 0 Å². The third kappa shape index (κ3) is 12.5. The van der Waals surface area contributed by atoms with E-state index < -0.39 is 53.8 Å². The number of hydrogen-bond donors (Lipinski definition) is 7. The van der Waals surface area contributed by atoms with Crippen molar-refractivity contribution in [3.63, 3.8) is 0 Å². The summed E-state index contributed by atoms with van der Waals surface area (Å²) in [6, 6.07) is 29.5. The van der Waals surface area contributed by atoms with E-state index in [2.05, 4.69) is 49.1 Å².